The molecule has 2 aromatic carbocycles. The summed E-state index contributed by atoms with van der Waals surface area (Å²) in [5.74, 6) is -0.517. The quantitative estimate of drug-likeness (QED) is 0.866. The Kier molecular flexibility index (Phi) is 4.49. The number of hydrogen-bond acceptors (Lipinski definition) is 1. The minimum Gasteiger partial charge on any atom is -0.349 e. The number of halogens is 2. The van der Waals surface area contributed by atoms with E-state index in [1.54, 1.807) is 24.3 Å². The van der Waals surface area contributed by atoms with E-state index in [0.29, 0.717) is 6.42 Å². The van der Waals surface area contributed by atoms with Crippen LogP contribution < -0.4 is 15.9 Å². The van der Waals surface area contributed by atoms with Crippen molar-refractivity contribution in [2.24, 2.45) is 0 Å². The van der Waals surface area contributed by atoms with Crippen molar-refractivity contribution < 1.29 is 13.6 Å². The van der Waals surface area contributed by atoms with Gasteiger partial charge >= 0.3 is 0 Å². The Bertz CT molecular complexity index is 612. The van der Waals surface area contributed by atoms with Crippen molar-refractivity contribution in [2.75, 3.05) is 0 Å². The highest BCUT2D eigenvalue weighted by atomic mass is 31.1. The molecule has 0 radical (unpaired) electrons. The molecular formula is C17H16F2NOP. The van der Waals surface area contributed by atoms with Gasteiger partial charge in [-0.25, -0.2) is 8.78 Å². The third-order valence-electron chi connectivity index (χ3n) is 3.73. The zero-order chi connectivity index (χ0) is 15.5. The summed E-state index contributed by atoms with van der Waals surface area (Å²) >= 11 is 0. The van der Waals surface area contributed by atoms with Gasteiger partial charge in [-0.2, -0.15) is 0 Å². The van der Waals surface area contributed by atoms with Gasteiger partial charge in [0.25, 0.3) is 0 Å². The highest BCUT2D eigenvalue weighted by Gasteiger charge is 2.28. The predicted molar refractivity (Wildman–Crippen MR) is 84.8 cm³/mol. The van der Waals surface area contributed by atoms with Gasteiger partial charge in [0, 0.05) is 6.42 Å². The molecule has 0 bridgehead atoms. The molecule has 2 nitrogen and oxygen atoms in total. The predicted octanol–water partition coefficient (Wildman–Crippen LogP) is 3.02. The Morgan fingerprint density at radius 2 is 1.41 bits per heavy atom. The zero-order valence-electron chi connectivity index (χ0n) is 11.9. The average molecular weight is 319 g/mol. The lowest BCUT2D eigenvalue weighted by Crippen LogP contribution is -2.41. The summed E-state index contributed by atoms with van der Waals surface area (Å²) in [5, 5.41) is 5.01. The SMILES string of the molecule is O=C1CCCC(P(c2ccc(F)cc2)c2ccc(F)cc2)N1. The molecule has 5 heteroatoms. The molecular weight excluding hydrogens is 303 g/mol. The lowest BCUT2D eigenvalue weighted by Gasteiger charge is -2.32. The second-order valence-electron chi connectivity index (χ2n) is 5.30. The number of carbonyl (C=O) groups is 1. The number of amides is 1. The third-order valence-corrected chi connectivity index (χ3v) is 6.45. The Labute approximate surface area is 129 Å². The highest BCUT2D eigenvalue weighted by Crippen LogP contribution is 2.41. The molecule has 1 atom stereocenters. The molecule has 3 rings (SSSR count). The smallest absolute Gasteiger partial charge is 0.220 e. The summed E-state index contributed by atoms with van der Waals surface area (Å²) in [4.78, 5) is 11.7. The van der Waals surface area contributed by atoms with Gasteiger partial charge < -0.3 is 5.32 Å². The monoisotopic (exact) mass is 319 g/mol. The average Bonchev–Trinajstić information content (AvgIpc) is 2.51. The van der Waals surface area contributed by atoms with E-state index in [0.717, 1.165) is 23.5 Å². The van der Waals surface area contributed by atoms with Crippen molar-refractivity contribution >= 4 is 24.4 Å². The van der Waals surface area contributed by atoms with Crippen LogP contribution in [0.5, 0.6) is 0 Å². The lowest BCUT2D eigenvalue weighted by atomic mass is 10.2. The second-order valence-corrected chi connectivity index (χ2v) is 7.69. The van der Waals surface area contributed by atoms with E-state index in [1.807, 2.05) is 0 Å². The summed E-state index contributed by atoms with van der Waals surface area (Å²) in [6.45, 7) is 0. The second kappa shape index (κ2) is 6.53. The summed E-state index contributed by atoms with van der Waals surface area (Å²) < 4.78 is 26.4. The van der Waals surface area contributed by atoms with Gasteiger partial charge in [-0.3, -0.25) is 4.79 Å². The molecule has 1 saturated heterocycles. The fourth-order valence-electron chi connectivity index (χ4n) is 2.69. The van der Waals surface area contributed by atoms with Crippen LogP contribution in [-0.4, -0.2) is 11.7 Å². The molecule has 1 aliphatic rings. The molecule has 0 saturated carbocycles. The standard InChI is InChI=1S/C17H16F2NOP/c18-12-4-8-14(9-5-12)22(15-10-6-13(19)7-11-15)17-3-1-2-16(21)20-17/h4-11,17H,1-3H2,(H,20,21). The van der Waals surface area contributed by atoms with E-state index in [9.17, 15) is 13.6 Å². The van der Waals surface area contributed by atoms with Crippen LogP contribution in [0.2, 0.25) is 0 Å². The number of rotatable bonds is 3. The molecule has 114 valence electrons. The number of hydrogen-bond donors (Lipinski definition) is 1. The van der Waals surface area contributed by atoms with Gasteiger partial charge in [0.05, 0.1) is 5.78 Å². The van der Waals surface area contributed by atoms with Crippen LogP contribution in [0.1, 0.15) is 19.3 Å². The molecule has 1 amide bonds. The number of benzene rings is 2. The number of carbonyl (C=O) groups excluding carboxylic acids is 1. The topological polar surface area (TPSA) is 29.1 Å². The minimum absolute atomic E-state index is 0.00664. The molecule has 1 N–H and O–H groups in total. The largest absolute Gasteiger partial charge is 0.349 e. The normalized spacial score (nSPS) is 18.3. The van der Waals surface area contributed by atoms with Crippen LogP contribution in [0.4, 0.5) is 8.78 Å². The minimum atomic E-state index is -0.886. The molecule has 1 aliphatic heterocycles. The van der Waals surface area contributed by atoms with Crippen molar-refractivity contribution in [3.05, 3.63) is 60.2 Å². The number of nitrogens with one attached hydrogen (secondary N) is 1. The highest BCUT2D eigenvalue weighted by molar-refractivity contribution is 7.73. The Balaban J connectivity index is 1.99. The van der Waals surface area contributed by atoms with E-state index < -0.39 is 7.92 Å². The van der Waals surface area contributed by atoms with Gasteiger partial charge in [-0.1, -0.05) is 24.3 Å². The van der Waals surface area contributed by atoms with Crippen molar-refractivity contribution in [3.63, 3.8) is 0 Å². The summed E-state index contributed by atoms with van der Waals surface area (Å²) in [5.41, 5.74) is 0. The Morgan fingerprint density at radius 3 is 1.86 bits per heavy atom. The first-order chi connectivity index (χ1) is 10.6. The first-order valence-electron chi connectivity index (χ1n) is 7.23. The van der Waals surface area contributed by atoms with Gasteiger partial charge in [-0.15, -0.1) is 0 Å². The van der Waals surface area contributed by atoms with Crippen molar-refractivity contribution in [1.29, 1.82) is 0 Å². The summed E-state index contributed by atoms with van der Waals surface area (Å²) in [6.07, 6.45) is 2.27. The van der Waals surface area contributed by atoms with Crippen LogP contribution in [0.15, 0.2) is 48.5 Å². The van der Waals surface area contributed by atoms with Crippen molar-refractivity contribution in [1.82, 2.24) is 5.32 Å². The molecule has 0 spiro atoms. The molecule has 1 heterocycles. The van der Waals surface area contributed by atoms with Crippen LogP contribution in [-0.2, 0) is 4.79 Å². The number of piperidine rings is 1. The zero-order valence-corrected chi connectivity index (χ0v) is 12.8. The fraction of sp³-hybridized carbons (Fsp3) is 0.235. The van der Waals surface area contributed by atoms with E-state index >= 15 is 0 Å². The van der Waals surface area contributed by atoms with Gasteiger partial charge in [-0.05, 0) is 55.6 Å². The molecule has 2 aromatic rings. The first kappa shape index (κ1) is 15.1. The molecule has 1 unspecified atom stereocenters. The lowest BCUT2D eigenvalue weighted by molar-refractivity contribution is -0.122. The van der Waals surface area contributed by atoms with Crippen LogP contribution in [0, 0.1) is 11.6 Å². The van der Waals surface area contributed by atoms with Crippen LogP contribution >= 0.6 is 7.92 Å². The van der Waals surface area contributed by atoms with Gasteiger partial charge in [0.1, 0.15) is 11.6 Å². The van der Waals surface area contributed by atoms with Gasteiger partial charge in [0.15, 0.2) is 0 Å². The summed E-state index contributed by atoms with van der Waals surface area (Å²) in [7, 11) is -0.886. The van der Waals surface area contributed by atoms with E-state index in [1.165, 1.54) is 24.3 Å². The summed E-state index contributed by atoms with van der Waals surface area (Å²) in [6, 6.07) is 12.7. The van der Waals surface area contributed by atoms with Crippen LogP contribution in [0.3, 0.4) is 0 Å². The van der Waals surface area contributed by atoms with Gasteiger partial charge in [0.2, 0.25) is 5.91 Å². The fourth-order valence-corrected chi connectivity index (χ4v) is 5.36. The molecule has 0 aliphatic carbocycles. The molecule has 22 heavy (non-hydrogen) atoms. The van der Waals surface area contributed by atoms with Crippen molar-refractivity contribution in [3.8, 4) is 0 Å². The maximum absolute atomic E-state index is 13.2. The van der Waals surface area contributed by atoms with E-state index in [2.05, 4.69) is 5.32 Å². The Hall–Kier alpha value is -1.80. The van der Waals surface area contributed by atoms with Crippen molar-refractivity contribution in [2.45, 2.75) is 25.0 Å². The Morgan fingerprint density at radius 1 is 0.909 bits per heavy atom. The maximum atomic E-state index is 13.2. The molecule has 1 fully saturated rings. The first-order valence-corrected chi connectivity index (χ1v) is 8.64. The van der Waals surface area contributed by atoms with E-state index in [-0.39, 0.29) is 23.3 Å². The van der Waals surface area contributed by atoms with E-state index in [4.69, 9.17) is 0 Å². The maximum Gasteiger partial charge on any atom is 0.220 e. The molecule has 0 aromatic heterocycles. The van der Waals surface area contributed by atoms with Crippen LogP contribution in [0.25, 0.3) is 0 Å². The third kappa shape index (κ3) is 3.33.